The lowest BCUT2D eigenvalue weighted by Gasteiger charge is -2.14. The van der Waals surface area contributed by atoms with Gasteiger partial charge in [-0.1, -0.05) is 30.5 Å². The third-order valence-electron chi connectivity index (χ3n) is 4.34. The van der Waals surface area contributed by atoms with Crippen LogP contribution in [0.15, 0.2) is 12.1 Å². The van der Waals surface area contributed by atoms with E-state index in [4.69, 9.17) is 0 Å². The zero-order valence-corrected chi connectivity index (χ0v) is 13.8. The molecule has 1 aliphatic carbocycles. The maximum Gasteiger partial charge on any atom is 0.243 e. The Morgan fingerprint density at radius 2 is 1.64 bits per heavy atom. The molecule has 4 heteroatoms. The van der Waals surface area contributed by atoms with Gasteiger partial charge in [-0.15, -0.1) is 0 Å². The highest BCUT2D eigenvalue weighted by Crippen LogP contribution is 2.27. The third-order valence-corrected chi connectivity index (χ3v) is 4.34. The second kappa shape index (κ2) is 7.43. The lowest BCUT2D eigenvalue weighted by Crippen LogP contribution is -2.33. The average Bonchev–Trinajstić information content (AvgIpc) is 2.93. The molecule has 22 heavy (non-hydrogen) atoms. The summed E-state index contributed by atoms with van der Waals surface area (Å²) < 4.78 is 0. The molecule has 1 fully saturated rings. The fourth-order valence-electron chi connectivity index (χ4n) is 3.29. The first-order valence-corrected chi connectivity index (χ1v) is 8.10. The molecule has 2 rings (SSSR count). The number of carbonyl (C=O) groups excluding carboxylic acids is 2. The van der Waals surface area contributed by atoms with Gasteiger partial charge >= 0.3 is 0 Å². The number of aryl methyl sites for hydroxylation is 3. The number of benzene rings is 1. The van der Waals surface area contributed by atoms with Crippen molar-refractivity contribution in [3.8, 4) is 0 Å². The van der Waals surface area contributed by atoms with E-state index in [9.17, 15) is 9.59 Å². The van der Waals surface area contributed by atoms with Crippen molar-refractivity contribution in [3.05, 3.63) is 28.8 Å². The van der Waals surface area contributed by atoms with Gasteiger partial charge in [0.25, 0.3) is 0 Å². The molecule has 0 spiro atoms. The molecule has 1 aromatic rings. The predicted molar refractivity (Wildman–Crippen MR) is 88.9 cm³/mol. The topological polar surface area (TPSA) is 58.2 Å². The number of anilines is 1. The van der Waals surface area contributed by atoms with Crippen LogP contribution in [0.4, 0.5) is 5.69 Å². The van der Waals surface area contributed by atoms with Crippen LogP contribution in [0.1, 0.15) is 48.8 Å². The minimum absolute atomic E-state index is 0.0144. The van der Waals surface area contributed by atoms with Crippen molar-refractivity contribution < 1.29 is 9.59 Å². The Labute approximate surface area is 132 Å². The van der Waals surface area contributed by atoms with Crippen LogP contribution in [0.25, 0.3) is 0 Å². The second-order valence-electron chi connectivity index (χ2n) is 6.45. The molecule has 1 aliphatic rings. The fourth-order valence-corrected chi connectivity index (χ4v) is 3.29. The largest absolute Gasteiger partial charge is 0.347 e. The summed E-state index contributed by atoms with van der Waals surface area (Å²) in [5.41, 5.74) is 4.12. The van der Waals surface area contributed by atoms with Crippen molar-refractivity contribution in [1.82, 2.24) is 5.32 Å². The quantitative estimate of drug-likeness (QED) is 0.877. The molecular weight excluding hydrogens is 276 g/mol. The summed E-state index contributed by atoms with van der Waals surface area (Å²) in [5, 5.41) is 5.63. The molecule has 4 nitrogen and oxygen atoms in total. The average molecular weight is 302 g/mol. The normalized spacial score (nSPS) is 14.9. The van der Waals surface area contributed by atoms with E-state index in [0.29, 0.717) is 12.3 Å². The van der Waals surface area contributed by atoms with Crippen molar-refractivity contribution in [2.45, 2.75) is 52.9 Å². The van der Waals surface area contributed by atoms with Crippen molar-refractivity contribution in [1.29, 1.82) is 0 Å². The Kier molecular flexibility index (Phi) is 5.58. The van der Waals surface area contributed by atoms with Gasteiger partial charge in [0.15, 0.2) is 0 Å². The Hall–Kier alpha value is -1.84. The predicted octanol–water partition coefficient (Wildman–Crippen LogP) is 3.25. The molecule has 1 aromatic carbocycles. The number of carbonyl (C=O) groups is 2. The van der Waals surface area contributed by atoms with Crippen LogP contribution in [0.2, 0.25) is 0 Å². The van der Waals surface area contributed by atoms with Gasteiger partial charge in [0.05, 0.1) is 6.54 Å². The SMILES string of the molecule is Cc1cc(C)c(NC(=O)CNC(=O)CC2CCCC2)c(C)c1. The first-order valence-electron chi connectivity index (χ1n) is 8.10. The highest BCUT2D eigenvalue weighted by Gasteiger charge is 2.18. The molecule has 0 saturated heterocycles. The highest BCUT2D eigenvalue weighted by atomic mass is 16.2. The van der Waals surface area contributed by atoms with Gasteiger partial charge in [-0.25, -0.2) is 0 Å². The van der Waals surface area contributed by atoms with Crippen LogP contribution < -0.4 is 10.6 Å². The molecule has 0 heterocycles. The summed E-state index contributed by atoms with van der Waals surface area (Å²) in [4.78, 5) is 23.9. The molecule has 2 N–H and O–H groups in total. The molecule has 0 aliphatic heterocycles. The van der Waals surface area contributed by atoms with E-state index in [1.165, 1.54) is 18.4 Å². The third kappa shape index (κ3) is 4.58. The standard InChI is InChI=1S/C18H26N2O2/c1-12-8-13(2)18(14(3)9-12)20-17(22)11-19-16(21)10-15-6-4-5-7-15/h8-9,15H,4-7,10-11H2,1-3H3,(H,19,21)(H,20,22). The molecule has 0 bridgehead atoms. The lowest BCUT2D eigenvalue weighted by atomic mass is 10.0. The highest BCUT2D eigenvalue weighted by molar-refractivity contribution is 5.95. The van der Waals surface area contributed by atoms with Gasteiger partial charge in [-0.05, 0) is 50.7 Å². The van der Waals surface area contributed by atoms with E-state index in [1.54, 1.807) is 0 Å². The maximum absolute atomic E-state index is 12.0. The van der Waals surface area contributed by atoms with Crippen LogP contribution in [0.3, 0.4) is 0 Å². The van der Waals surface area contributed by atoms with E-state index < -0.39 is 0 Å². The van der Waals surface area contributed by atoms with E-state index in [0.717, 1.165) is 29.7 Å². The van der Waals surface area contributed by atoms with Crippen molar-refractivity contribution >= 4 is 17.5 Å². The van der Waals surface area contributed by atoms with Crippen LogP contribution in [0, 0.1) is 26.7 Å². The molecule has 0 radical (unpaired) electrons. The second-order valence-corrected chi connectivity index (χ2v) is 6.45. The van der Waals surface area contributed by atoms with E-state index in [1.807, 2.05) is 32.9 Å². The molecule has 0 atom stereocenters. The summed E-state index contributed by atoms with van der Waals surface area (Å²) in [6, 6.07) is 4.09. The zero-order valence-electron chi connectivity index (χ0n) is 13.8. The van der Waals surface area contributed by atoms with Gasteiger partial charge in [0.1, 0.15) is 0 Å². The number of rotatable bonds is 5. The van der Waals surface area contributed by atoms with E-state index in [-0.39, 0.29) is 18.4 Å². The van der Waals surface area contributed by atoms with Gasteiger partial charge in [-0.3, -0.25) is 9.59 Å². The summed E-state index contributed by atoms with van der Waals surface area (Å²) in [5.74, 6) is 0.318. The Morgan fingerprint density at radius 1 is 1.05 bits per heavy atom. The molecule has 2 amide bonds. The molecule has 120 valence electrons. The minimum atomic E-state index is -0.171. The number of hydrogen-bond acceptors (Lipinski definition) is 2. The first kappa shape index (κ1) is 16.5. The van der Waals surface area contributed by atoms with Gasteiger partial charge in [0, 0.05) is 12.1 Å². The number of nitrogens with one attached hydrogen (secondary N) is 2. The molecular formula is C18H26N2O2. The number of amides is 2. The lowest BCUT2D eigenvalue weighted by molar-refractivity contribution is -0.124. The van der Waals surface area contributed by atoms with E-state index in [2.05, 4.69) is 10.6 Å². The van der Waals surface area contributed by atoms with Gasteiger partial charge in [0.2, 0.25) is 11.8 Å². The van der Waals surface area contributed by atoms with Crippen molar-refractivity contribution in [3.63, 3.8) is 0 Å². The Morgan fingerprint density at radius 3 is 2.23 bits per heavy atom. The number of hydrogen-bond donors (Lipinski definition) is 2. The van der Waals surface area contributed by atoms with Crippen LogP contribution in [-0.4, -0.2) is 18.4 Å². The summed E-state index contributed by atoms with van der Waals surface area (Å²) in [6.45, 7) is 6.04. The van der Waals surface area contributed by atoms with Crippen molar-refractivity contribution in [2.24, 2.45) is 5.92 Å². The Bertz CT molecular complexity index is 537. The van der Waals surface area contributed by atoms with Gasteiger partial charge in [-0.2, -0.15) is 0 Å². The molecule has 0 aromatic heterocycles. The maximum atomic E-state index is 12.0. The summed E-state index contributed by atoms with van der Waals surface area (Å²) in [7, 11) is 0. The fraction of sp³-hybridized carbons (Fsp3) is 0.556. The first-order chi connectivity index (χ1) is 10.5. The smallest absolute Gasteiger partial charge is 0.243 e. The van der Waals surface area contributed by atoms with E-state index >= 15 is 0 Å². The Balaban J connectivity index is 1.81. The van der Waals surface area contributed by atoms with Crippen LogP contribution in [0.5, 0.6) is 0 Å². The molecule has 1 saturated carbocycles. The van der Waals surface area contributed by atoms with Gasteiger partial charge < -0.3 is 10.6 Å². The van der Waals surface area contributed by atoms with Crippen LogP contribution >= 0.6 is 0 Å². The monoisotopic (exact) mass is 302 g/mol. The minimum Gasteiger partial charge on any atom is -0.347 e. The zero-order chi connectivity index (χ0) is 16.1. The molecule has 0 unspecified atom stereocenters. The summed E-state index contributed by atoms with van der Waals surface area (Å²) in [6.07, 6.45) is 5.29. The summed E-state index contributed by atoms with van der Waals surface area (Å²) >= 11 is 0. The van der Waals surface area contributed by atoms with Crippen LogP contribution in [-0.2, 0) is 9.59 Å². The van der Waals surface area contributed by atoms with Crippen molar-refractivity contribution in [2.75, 3.05) is 11.9 Å².